The molecule has 0 heterocycles. The van der Waals surface area contributed by atoms with Crippen LogP contribution < -0.4 is 0 Å². The summed E-state index contributed by atoms with van der Waals surface area (Å²) < 4.78 is 11.9. The molecule has 0 aromatic heterocycles. The fourth-order valence-corrected chi connectivity index (χ4v) is 3.45. The van der Waals surface area contributed by atoms with Gasteiger partial charge in [-0.1, -0.05) is 66.7 Å². The maximum Gasteiger partial charge on any atom is 0.184 e. The first-order valence-corrected chi connectivity index (χ1v) is 9.72. The maximum atomic E-state index is 9.58. The normalized spacial score (nSPS) is 12.1. The molecule has 0 saturated carbocycles. The van der Waals surface area contributed by atoms with Crippen LogP contribution in [-0.2, 0) is 22.7 Å². The molecule has 3 aromatic rings. The molecule has 0 aliphatic carbocycles. The Balaban J connectivity index is 1.85. The molecule has 1 atom stereocenters. The molecule has 0 aliphatic rings. The van der Waals surface area contributed by atoms with Crippen molar-refractivity contribution in [3.8, 4) is 11.1 Å². The summed E-state index contributed by atoms with van der Waals surface area (Å²) in [5, 5.41) is 9.58. The first-order valence-electron chi connectivity index (χ1n) is 9.72. The highest BCUT2D eigenvalue weighted by Crippen LogP contribution is 2.31. The average molecular weight is 376 g/mol. The molecule has 0 saturated heterocycles. The van der Waals surface area contributed by atoms with E-state index >= 15 is 0 Å². The van der Waals surface area contributed by atoms with Gasteiger partial charge in [0.1, 0.15) is 0 Å². The van der Waals surface area contributed by atoms with Crippen molar-refractivity contribution in [2.75, 3.05) is 6.61 Å². The molecule has 0 spiro atoms. The third kappa shape index (κ3) is 4.50. The maximum absolute atomic E-state index is 9.58. The molecule has 0 fully saturated rings. The van der Waals surface area contributed by atoms with Crippen molar-refractivity contribution in [1.82, 2.24) is 0 Å². The standard InChI is InChI=1S/C25H28O3/c1-4-27-25(20-10-6-5-7-11-20)28-17-22-13-9-15-24(19(22)3)23-14-8-12-21(16-26)18(23)2/h5-15,25-26H,4,16-17H2,1-3H3. The Morgan fingerprint density at radius 3 is 1.96 bits per heavy atom. The lowest BCUT2D eigenvalue weighted by Gasteiger charge is -2.20. The minimum absolute atomic E-state index is 0.0502. The van der Waals surface area contributed by atoms with Crippen LogP contribution in [0, 0.1) is 13.8 Å². The van der Waals surface area contributed by atoms with E-state index in [1.165, 1.54) is 11.1 Å². The number of hydrogen-bond acceptors (Lipinski definition) is 3. The van der Waals surface area contributed by atoms with Gasteiger partial charge in [-0.05, 0) is 54.2 Å². The molecule has 3 rings (SSSR count). The van der Waals surface area contributed by atoms with Crippen LogP contribution in [0.3, 0.4) is 0 Å². The summed E-state index contributed by atoms with van der Waals surface area (Å²) in [5.74, 6) is 0. The molecule has 1 N–H and O–H groups in total. The van der Waals surface area contributed by atoms with Crippen LogP contribution in [-0.4, -0.2) is 11.7 Å². The molecule has 0 radical (unpaired) electrons. The second-order valence-electron chi connectivity index (χ2n) is 6.85. The van der Waals surface area contributed by atoms with Crippen molar-refractivity contribution in [3.63, 3.8) is 0 Å². The summed E-state index contributed by atoms with van der Waals surface area (Å²) in [6, 6.07) is 22.4. The van der Waals surface area contributed by atoms with E-state index in [9.17, 15) is 5.11 Å². The molecule has 0 bridgehead atoms. The summed E-state index contributed by atoms with van der Waals surface area (Å²) in [5.41, 5.74) is 7.72. The van der Waals surface area contributed by atoms with Crippen molar-refractivity contribution in [2.45, 2.75) is 40.3 Å². The first kappa shape index (κ1) is 20.3. The highest BCUT2D eigenvalue weighted by molar-refractivity contribution is 5.72. The molecular formula is C25H28O3. The second kappa shape index (κ2) is 9.65. The van der Waals surface area contributed by atoms with E-state index in [1.807, 2.05) is 49.4 Å². The Kier molecular flexibility index (Phi) is 6.99. The predicted molar refractivity (Wildman–Crippen MR) is 113 cm³/mol. The summed E-state index contributed by atoms with van der Waals surface area (Å²) in [4.78, 5) is 0. The number of hydrogen-bond donors (Lipinski definition) is 1. The molecule has 3 nitrogen and oxygen atoms in total. The lowest BCUT2D eigenvalue weighted by atomic mass is 9.92. The number of benzene rings is 3. The first-order chi connectivity index (χ1) is 13.7. The number of aliphatic hydroxyl groups excluding tert-OH is 1. The summed E-state index contributed by atoms with van der Waals surface area (Å²) >= 11 is 0. The van der Waals surface area contributed by atoms with Crippen LogP contribution in [0.1, 0.15) is 41.0 Å². The van der Waals surface area contributed by atoms with Crippen molar-refractivity contribution < 1.29 is 14.6 Å². The quantitative estimate of drug-likeness (QED) is 0.511. The van der Waals surface area contributed by atoms with E-state index in [4.69, 9.17) is 9.47 Å². The summed E-state index contributed by atoms with van der Waals surface area (Å²) in [6.07, 6.45) is -0.381. The lowest BCUT2D eigenvalue weighted by molar-refractivity contribution is -0.151. The van der Waals surface area contributed by atoms with Crippen molar-refractivity contribution in [2.24, 2.45) is 0 Å². The van der Waals surface area contributed by atoms with Crippen LogP contribution >= 0.6 is 0 Å². The van der Waals surface area contributed by atoms with Gasteiger partial charge in [-0.15, -0.1) is 0 Å². The Hall–Kier alpha value is -2.46. The van der Waals surface area contributed by atoms with E-state index in [-0.39, 0.29) is 12.9 Å². The molecule has 0 amide bonds. The van der Waals surface area contributed by atoms with Gasteiger partial charge in [0.2, 0.25) is 0 Å². The van der Waals surface area contributed by atoms with Crippen molar-refractivity contribution >= 4 is 0 Å². The minimum Gasteiger partial charge on any atom is -0.392 e. The monoisotopic (exact) mass is 376 g/mol. The Morgan fingerprint density at radius 2 is 1.36 bits per heavy atom. The van der Waals surface area contributed by atoms with Gasteiger partial charge in [0.05, 0.1) is 13.2 Å². The van der Waals surface area contributed by atoms with Gasteiger partial charge in [-0.25, -0.2) is 0 Å². The largest absolute Gasteiger partial charge is 0.392 e. The smallest absolute Gasteiger partial charge is 0.184 e. The highest BCUT2D eigenvalue weighted by atomic mass is 16.7. The Morgan fingerprint density at radius 1 is 0.750 bits per heavy atom. The molecule has 1 unspecified atom stereocenters. The van der Waals surface area contributed by atoms with Gasteiger partial charge in [0, 0.05) is 12.2 Å². The van der Waals surface area contributed by atoms with Crippen LogP contribution in [0.2, 0.25) is 0 Å². The summed E-state index contributed by atoms with van der Waals surface area (Å²) in [6.45, 7) is 7.27. The molecule has 28 heavy (non-hydrogen) atoms. The van der Waals surface area contributed by atoms with Gasteiger partial charge in [-0.3, -0.25) is 0 Å². The van der Waals surface area contributed by atoms with Crippen LogP contribution in [0.25, 0.3) is 11.1 Å². The molecule has 0 aliphatic heterocycles. The minimum atomic E-state index is -0.381. The van der Waals surface area contributed by atoms with E-state index in [0.29, 0.717) is 13.2 Å². The highest BCUT2D eigenvalue weighted by Gasteiger charge is 2.14. The fourth-order valence-electron chi connectivity index (χ4n) is 3.45. The molecular weight excluding hydrogens is 348 g/mol. The number of rotatable bonds is 8. The summed E-state index contributed by atoms with van der Waals surface area (Å²) in [7, 11) is 0. The zero-order chi connectivity index (χ0) is 19.9. The number of ether oxygens (including phenoxy) is 2. The van der Waals surface area contributed by atoms with Crippen molar-refractivity contribution in [3.05, 3.63) is 94.5 Å². The molecule has 3 aromatic carbocycles. The molecule has 146 valence electrons. The van der Waals surface area contributed by atoms with Gasteiger partial charge in [0.25, 0.3) is 0 Å². The van der Waals surface area contributed by atoms with Crippen LogP contribution in [0.4, 0.5) is 0 Å². The van der Waals surface area contributed by atoms with Gasteiger partial charge < -0.3 is 14.6 Å². The third-order valence-corrected chi connectivity index (χ3v) is 5.13. The Bertz CT molecular complexity index is 903. The Labute approximate surface area is 167 Å². The van der Waals surface area contributed by atoms with Gasteiger partial charge in [0.15, 0.2) is 6.29 Å². The van der Waals surface area contributed by atoms with Crippen LogP contribution in [0.15, 0.2) is 66.7 Å². The predicted octanol–water partition coefficient (Wildman–Crippen LogP) is 5.71. The van der Waals surface area contributed by atoms with E-state index < -0.39 is 0 Å². The zero-order valence-corrected chi connectivity index (χ0v) is 16.8. The lowest BCUT2D eigenvalue weighted by Crippen LogP contribution is -2.09. The van der Waals surface area contributed by atoms with E-state index in [1.54, 1.807) is 0 Å². The average Bonchev–Trinajstić information content (AvgIpc) is 2.73. The second-order valence-corrected chi connectivity index (χ2v) is 6.85. The van der Waals surface area contributed by atoms with Crippen molar-refractivity contribution in [1.29, 1.82) is 0 Å². The van der Waals surface area contributed by atoms with Gasteiger partial charge in [-0.2, -0.15) is 0 Å². The van der Waals surface area contributed by atoms with E-state index in [0.717, 1.165) is 27.8 Å². The molecule has 3 heteroatoms. The van der Waals surface area contributed by atoms with E-state index in [2.05, 4.69) is 38.1 Å². The van der Waals surface area contributed by atoms with Crippen LogP contribution in [0.5, 0.6) is 0 Å². The third-order valence-electron chi connectivity index (χ3n) is 5.13. The topological polar surface area (TPSA) is 38.7 Å². The fraction of sp³-hybridized carbons (Fsp3) is 0.280. The number of aliphatic hydroxyl groups is 1. The zero-order valence-electron chi connectivity index (χ0n) is 16.8. The SMILES string of the molecule is CCOC(OCc1cccc(-c2cccc(CO)c2C)c1C)c1ccccc1. The van der Waals surface area contributed by atoms with Gasteiger partial charge >= 0.3 is 0 Å².